The van der Waals surface area contributed by atoms with Crippen molar-refractivity contribution in [3.8, 4) is 11.4 Å². The van der Waals surface area contributed by atoms with Crippen molar-refractivity contribution >= 4 is 11.5 Å². The number of aromatic nitrogens is 5. The monoisotopic (exact) mass is 212 g/mol. The lowest BCUT2D eigenvalue weighted by Gasteiger charge is -1.99. The molecule has 3 rings (SSSR count). The molecule has 78 valence electrons. The summed E-state index contributed by atoms with van der Waals surface area (Å²) in [5.41, 5.74) is 7.78. The number of nitrogens with two attached hydrogens (primary N) is 1. The highest BCUT2D eigenvalue weighted by atomic mass is 15.3. The van der Waals surface area contributed by atoms with Crippen molar-refractivity contribution in [3.05, 3.63) is 36.9 Å². The van der Waals surface area contributed by atoms with Crippen LogP contribution in [0.4, 0.5) is 5.82 Å². The summed E-state index contributed by atoms with van der Waals surface area (Å²) >= 11 is 0. The van der Waals surface area contributed by atoms with Crippen LogP contribution in [0.3, 0.4) is 0 Å². The molecule has 0 bridgehead atoms. The summed E-state index contributed by atoms with van der Waals surface area (Å²) in [5.74, 6) is 0.378. The molecule has 6 nitrogen and oxygen atoms in total. The van der Waals surface area contributed by atoms with Gasteiger partial charge in [-0.1, -0.05) is 0 Å². The molecular weight excluding hydrogens is 204 g/mol. The van der Waals surface area contributed by atoms with Crippen LogP contribution in [0, 0.1) is 0 Å². The molecule has 0 aliphatic carbocycles. The number of imidazole rings is 1. The summed E-state index contributed by atoms with van der Waals surface area (Å²) in [6.07, 6.45) is 6.53. The fourth-order valence-electron chi connectivity index (χ4n) is 1.51. The van der Waals surface area contributed by atoms with Crippen LogP contribution in [0.5, 0.6) is 0 Å². The quantitative estimate of drug-likeness (QED) is 0.644. The van der Waals surface area contributed by atoms with Crippen molar-refractivity contribution < 1.29 is 0 Å². The van der Waals surface area contributed by atoms with Gasteiger partial charge in [0.15, 0.2) is 5.65 Å². The minimum atomic E-state index is 0.378. The van der Waals surface area contributed by atoms with Gasteiger partial charge in [0, 0.05) is 6.20 Å². The lowest BCUT2D eigenvalue weighted by Crippen LogP contribution is -1.97. The van der Waals surface area contributed by atoms with Gasteiger partial charge in [-0.05, 0) is 12.1 Å². The molecule has 16 heavy (non-hydrogen) atoms. The SMILES string of the molecule is Nc1cncc(-c2cnc3cccnn23)n1. The van der Waals surface area contributed by atoms with Gasteiger partial charge in [-0.3, -0.25) is 4.98 Å². The first-order valence-corrected chi connectivity index (χ1v) is 4.71. The van der Waals surface area contributed by atoms with E-state index in [9.17, 15) is 0 Å². The lowest BCUT2D eigenvalue weighted by atomic mass is 10.3. The Labute approximate surface area is 90.8 Å². The molecule has 3 heterocycles. The van der Waals surface area contributed by atoms with Crippen LogP contribution in [0.15, 0.2) is 36.9 Å². The maximum Gasteiger partial charge on any atom is 0.154 e. The standard InChI is InChI=1S/C10H8N6/c11-9-6-12-4-7(15-9)8-5-13-10-2-1-3-14-16(8)10/h1-6H,(H2,11,15). The Balaban J connectivity index is 2.26. The molecule has 3 aromatic rings. The Morgan fingerprint density at radius 1 is 1.19 bits per heavy atom. The van der Waals surface area contributed by atoms with Gasteiger partial charge < -0.3 is 5.73 Å². The average molecular weight is 212 g/mol. The van der Waals surface area contributed by atoms with Crippen LogP contribution in [-0.2, 0) is 0 Å². The highest BCUT2D eigenvalue weighted by Gasteiger charge is 2.07. The van der Waals surface area contributed by atoms with Gasteiger partial charge >= 0.3 is 0 Å². The van der Waals surface area contributed by atoms with Gasteiger partial charge in [-0.2, -0.15) is 5.10 Å². The highest BCUT2D eigenvalue weighted by molar-refractivity contribution is 5.59. The van der Waals surface area contributed by atoms with Gasteiger partial charge in [-0.25, -0.2) is 14.5 Å². The van der Waals surface area contributed by atoms with Gasteiger partial charge in [0.1, 0.15) is 17.2 Å². The van der Waals surface area contributed by atoms with Gasteiger partial charge in [0.25, 0.3) is 0 Å². The zero-order valence-corrected chi connectivity index (χ0v) is 8.28. The van der Waals surface area contributed by atoms with Gasteiger partial charge in [0.2, 0.25) is 0 Å². The summed E-state index contributed by atoms with van der Waals surface area (Å²) in [5, 5.41) is 4.19. The van der Waals surface area contributed by atoms with E-state index in [4.69, 9.17) is 5.73 Å². The first-order valence-electron chi connectivity index (χ1n) is 4.71. The van der Waals surface area contributed by atoms with Crippen LogP contribution in [0.25, 0.3) is 17.0 Å². The first-order chi connectivity index (χ1) is 7.84. The van der Waals surface area contributed by atoms with E-state index in [2.05, 4.69) is 20.1 Å². The van der Waals surface area contributed by atoms with E-state index in [1.54, 1.807) is 23.1 Å². The Hall–Kier alpha value is -2.50. The normalized spacial score (nSPS) is 10.8. The number of anilines is 1. The second-order valence-corrected chi connectivity index (χ2v) is 3.27. The zero-order chi connectivity index (χ0) is 11.0. The molecule has 0 saturated heterocycles. The molecule has 0 saturated carbocycles. The maximum atomic E-state index is 5.59. The Morgan fingerprint density at radius 3 is 3.00 bits per heavy atom. The largest absolute Gasteiger partial charge is 0.382 e. The molecule has 2 N–H and O–H groups in total. The Kier molecular flexibility index (Phi) is 1.79. The summed E-state index contributed by atoms with van der Waals surface area (Å²) < 4.78 is 1.70. The van der Waals surface area contributed by atoms with Crippen molar-refractivity contribution in [2.24, 2.45) is 0 Å². The molecule has 0 aliphatic rings. The minimum Gasteiger partial charge on any atom is -0.382 e. The summed E-state index contributed by atoms with van der Waals surface area (Å²) in [6, 6.07) is 3.70. The molecule has 0 aliphatic heterocycles. The van der Waals surface area contributed by atoms with E-state index >= 15 is 0 Å². The molecule has 0 aromatic carbocycles. The highest BCUT2D eigenvalue weighted by Crippen LogP contribution is 2.16. The number of fused-ring (bicyclic) bond motifs is 1. The van der Waals surface area contributed by atoms with E-state index in [1.807, 2.05) is 12.1 Å². The minimum absolute atomic E-state index is 0.378. The fraction of sp³-hybridized carbons (Fsp3) is 0. The number of nitrogen functional groups attached to an aromatic ring is 1. The molecule has 0 radical (unpaired) electrons. The topological polar surface area (TPSA) is 82.0 Å². The summed E-state index contributed by atoms with van der Waals surface area (Å²) in [6.45, 7) is 0. The molecule has 0 amide bonds. The van der Waals surface area contributed by atoms with Gasteiger partial charge in [0.05, 0.1) is 18.6 Å². The van der Waals surface area contributed by atoms with Crippen LogP contribution in [0.1, 0.15) is 0 Å². The first kappa shape index (κ1) is 8.78. The van der Waals surface area contributed by atoms with Crippen LogP contribution >= 0.6 is 0 Å². The van der Waals surface area contributed by atoms with Crippen molar-refractivity contribution in [2.75, 3.05) is 5.73 Å². The summed E-state index contributed by atoms with van der Waals surface area (Å²) in [4.78, 5) is 12.4. The van der Waals surface area contributed by atoms with E-state index < -0.39 is 0 Å². The lowest BCUT2D eigenvalue weighted by molar-refractivity contribution is 0.936. The molecule has 0 unspecified atom stereocenters. The smallest absolute Gasteiger partial charge is 0.154 e. The molecular formula is C10H8N6. The predicted octanol–water partition coefficient (Wildman–Crippen LogP) is 0.768. The summed E-state index contributed by atoms with van der Waals surface area (Å²) in [7, 11) is 0. The Bertz CT molecular complexity index is 644. The molecule has 3 aromatic heterocycles. The third-order valence-corrected chi connectivity index (χ3v) is 2.19. The second kappa shape index (κ2) is 3.27. The molecule has 6 heteroatoms. The zero-order valence-electron chi connectivity index (χ0n) is 8.28. The van der Waals surface area contributed by atoms with Crippen molar-refractivity contribution in [1.29, 1.82) is 0 Å². The maximum absolute atomic E-state index is 5.59. The average Bonchev–Trinajstić information content (AvgIpc) is 2.72. The second-order valence-electron chi connectivity index (χ2n) is 3.27. The van der Waals surface area contributed by atoms with Crippen LogP contribution in [-0.4, -0.2) is 24.6 Å². The third-order valence-electron chi connectivity index (χ3n) is 2.19. The van der Waals surface area contributed by atoms with Crippen molar-refractivity contribution in [2.45, 2.75) is 0 Å². The van der Waals surface area contributed by atoms with Gasteiger partial charge in [-0.15, -0.1) is 0 Å². The Morgan fingerprint density at radius 2 is 2.12 bits per heavy atom. The van der Waals surface area contributed by atoms with E-state index in [-0.39, 0.29) is 0 Å². The van der Waals surface area contributed by atoms with Crippen LogP contribution < -0.4 is 5.73 Å². The van der Waals surface area contributed by atoms with E-state index in [0.717, 1.165) is 11.3 Å². The molecule has 0 spiro atoms. The van der Waals surface area contributed by atoms with E-state index in [0.29, 0.717) is 11.5 Å². The number of nitrogens with zero attached hydrogens (tertiary/aromatic N) is 5. The fourth-order valence-corrected chi connectivity index (χ4v) is 1.51. The number of rotatable bonds is 1. The molecule has 0 atom stereocenters. The van der Waals surface area contributed by atoms with Crippen molar-refractivity contribution in [3.63, 3.8) is 0 Å². The third kappa shape index (κ3) is 1.28. The number of hydrogen-bond acceptors (Lipinski definition) is 5. The van der Waals surface area contributed by atoms with Crippen LogP contribution in [0.2, 0.25) is 0 Å². The van der Waals surface area contributed by atoms with E-state index in [1.165, 1.54) is 6.20 Å². The van der Waals surface area contributed by atoms with Crippen molar-refractivity contribution in [1.82, 2.24) is 24.6 Å². The predicted molar refractivity (Wildman–Crippen MR) is 58.4 cm³/mol. The molecule has 0 fully saturated rings. The number of hydrogen-bond donors (Lipinski definition) is 1.